The van der Waals surface area contributed by atoms with Crippen molar-refractivity contribution in [2.45, 2.75) is 0 Å². The van der Waals surface area contributed by atoms with Crippen molar-refractivity contribution in [2.75, 3.05) is 0 Å². The van der Waals surface area contributed by atoms with Crippen LogP contribution < -0.4 is 4.74 Å². The van der Waals surface area contributed by atoms with E-state index in [0.29, 0.717) is 11.5 Å². The zero-order valence-corrected chi connectivity index (χ0v) is 9.72. The van der Waals surface area contributed by atoms with Gasteiger partial charge in [-0.1, -0.05) is 0 Å². The van der Waals surface area contributed by atoms with Crippen LogP contribution in [0, 0.1) is 17.1 Å². The number of aromatic amines is 1. The number of ether oxygens (including phenoxy) is 1. The molecule has 0 bridgehead atoms. The fraction of sp³-hybridized carbons (Fsp3) is 0. The minimum absolute atomic E-state index is 0.160. The molecule has 0 unspecified atom stereocenters. The van der Waals surface area contributed by atoms with Crippen molar-refractivity contribution in [3.63, 3.8) is 0 Å². The molecule has 0 aliphatic carbocycles. The number of benzene rings is 2. The molecule has 92 valence electrons. The van der Waals surface area contributed by atoms with Crippen molar-refractivity contribution < 1.29 is 9.13 Å². The van der Waals surface area contributed by atoms with Gasteiger partial charge in [0.25, 0.3) is 0 Å². The van der Waals surface area contributed by atoms with E-state index in [0.717, 1.165) is 17.0 Å². The topological polar surface area (TPSA) is 61.7 Å². The molecule has 1 heterocycles. The van der Waals surface area contributed by atoms with Crippen LogP contribution in [0.25, 0.3) is 10.9 Å². The van der Waals surface area contributed by atoms with Gasteiger partial charge in [-0.2, -0.15) is 10.4 Å². The first-order chi connectivity index (χ1) is 9.26. The molecule has 0 aliphatic rings. The van der Waals surface area contributed by atoms with E-state index in [1.54, 1.807) is 18.3 Å². The van der Waals surface area contributed by atoms with Crippen LogP contribution in [0.2, 0.25) is 0 Å². The lowest BCUT2D eigenvalue weighted by molar-refractivity contribution is 0.479. The van der Waals surface area contributed by atoms with Crippen LogP contribution in [0.1, 0.15) is 5.56 Å². The molecule has 3 aromatic rings. The highest BCUT2D eigenvalue weighted by atomic mass is 19.1. The summed E-state index contributed by atoms with van der Waals surface area (Å²) in [5.74, 6) is 0.429. The lowest BCUT2D eigenvalue weighted by atomic mass is 10.2. The molecule has 4 nitrogen and oxygen atoms in total. The first kappa shape index (κ1) is 11.2. The average Bonchev–Trinajstić information content (AvgIpc) is 2.88. The van der Waals surface area contributed by atoms with Gasteiger partial charge in [0.1, 0.15) is 23.4 Å². The molecule has 19 heavy (non-hydrogen) atoms. The molecule has 0 spiro atoms. The second-order valence-corrected chi connectivity index (χ2v) is 3.97. The Kier molecular flexibility index (Phi) is 2.62. The zero-order chi connectivity index (χ0) is 13.2. The summed E-state index contributed by atoms with van der Waals surface area (Å²) < 4.78 is 18.6. The van der Waals surface area contributed by atoms with Crippen molar-refractivity contribution >= 4 is 10.9 Å². The number of nitrogens with zero attached hydrogens (tertiary/aromatic N) is 2. The predicted octanol–water partition coefficient (Wildman–Crippen LogP) is 3.37. The number of aromatic nitrogens is 2. The normalized spacial score (nSPS) is 10.3. The first-order valence-electron chi connectivity index (χ1n) is 5.57. The summed E-state index contributed by atoms with van der Waals surface area (Å²) in [4.78, 5) is 0. The van der Waals surface area contributed by atoms with E-state index in [1.807, 2.05) is 12.1 Å². The van der Waals surface area contributed by atoms with Gasteiger partial charge in [0.2, 0.25) is 0 Å². The molecular formula is C14H8FN3O. The van der Waals surface area contributed by atoms with Crippen LogP contribution >= 0.6 is 0 Å². The second-order valence-electron chi connectivity index (χ2n) is 3.97. The van der Waals surface area contributed by atoms with Gasteiger partial charge < -0.3 is 4.74 Å². The maximum Gasteiger partial charge on any atom is 0.145 e. The number of fused-ring (bicyclic) bond motifs is 1. The molecule has 0 saturated heterocycles. The Morgan fingerprint density at radius 1 is 1.21 bits per heavy atom. The molecule has 1 N–H and O–H groups in total. The van der Waals surface area contributed by atoms with Crippen molar-refractivity contribution in [3.05, 3.63) is 54.0 Å². The van der Waals surface area contributed by atoms with Gasteiger partial charge in [-0.15, -0.1) is 0 Å². The van der Waals surface area contributed by atoms with Gasteiger partial charge in [0, 0.05) is 5.39 Å². The number of halogens is 1. The van der Waals surface area contributed by atoms with E-state index in [1.165, 1.54) is 12.1 Å². The molecule has 0 saturated carbocycles. The van der Waals surface area contributed by atoms with Gasteiger partial charge in [0.05, 0.1) is 17.3 Å². The molecule has 0 fully saturated rings. The number of hydrogen-bond donors (Lipinski definition) is 1. The van der Waals surface area contributed by atoms with Gasteiger partial charge in [-0.3, -0.25) is 5.10 Å². The fourth-order valence-electron chi connectivity index (χ4n) is 1.79. The number of nitrogens with one attached hydrogen (secondary N) is 1. The third-order valence-electron chi connectivity index (χ3n) is 2.70. The van der Waals surface area contributed by atoms with Crippen molar-refractivity contribution in [1.82, 2.24) is 10.2 Å². The third-order valence-corrected chi connectivity index (χ3v) is 2.70. The standard InChI is InChI=1S/C14H8FN3O/c15-11-1-4-14(9(5-11)7-16)19-12-2-3-13-10(6-12)8-17-18-13/h1-6,8H,(H,17,18). The predicted molar refractivity (Wildman–Crippen MR) is 67.3 cm³/mol. The van der Waals surface area contributed by atoms with E-state index in [4.69, 9.17) is 10.00 Å². The molecule has 3 rings (SSSR count). The molecule has 2 aromatic carbocycles. The fourth-order valence-corrected chi connectivity index (χ4v) is 1.79. The SMILES string of the molecule is N#Cc1cc(F)ccc1Oc1ccc2[nH]ncc2c1. The lowest BCUT2D eigenvalue weighted by Crippen LogP contribution is -1.89. The Labute approximate surface area is 108 Å². The second kappa shape index (κ2) is 4.42. The summed E-state index contributed by atoms with van der Waals surface area (Å²) in [7, 11) is 0. The van der Waals surface area contributed by atoms with E-state index in [-0.39, 0.29) is 5.56 Å². The summed E-state index contributed by atoms with van der Waals surface area (Å²) in [6.07, 6.45) is 1.68. The molecule has 0 atom stereocenters. The Balaban J connectivity index is 1.98. The molecule has 1 aromatic heterocycles. The number of nitriles is 1. The van der Waals surface area contributed by atoms with Gasteiger partial charge in [-0.25, -0.2) is 4.39 Å². The minimum Gasteiger partial charge on any atom is -0.456 e. The average molecular weight is 253 g/mol. The molecule has 0 radical (unpaired) electrons. The summed E-state index contributed by atoms with van der Waals surface area (Å²) in [6.45, 7) is 0. The van der Waals surface area contributed by atoms with Gasteiger partial charge in [-0.05, 0) is 36.4 Å². The largest absolute Gasteiger partial charge is 0.456 e. The maximum absolute atomic E-state index is 13.0. The number of H-pyrrole nitrogens is 1. The Hall–Kier alpha value is -2.87. The maximum atomic E-state index is 13.0. The highest BCUT2D eigenvalue weighted by molar-refractivity contribution is 5.79. The van der Waals surface area contributed by atoms with Crippen LogP contribution in [0.3, 0.4) is 0 Å². The summed E-state index contributed by atoms with van der Waals surface area (Å²) in [5, 5.41) is 16.6. The van der Waals surface area contributed by atoms with Crippen LogP contribution in [-0.4, -0.2) is 10.2 Å². The van der Waals surface area contributed by atoms with Gasteiger partial charge in [0.15, 0.2) is 0 Å². The minimum atomic E-state index is -0.464. The van der Waals surface area contributed by atoms with E-state index in [2.05, 4.69) is 10.2 Å². The highest BCUT2D eigenvalue weighted by Gasteiger charge is 2.07. The van der Waals surface area contributed by atoms with Crippen molar-refractivity contribution in [3.8, 4) is 17.6 Å². The molecular weight excluding hydrogens is 245 g/mol. The van der Waals surface area contributed by atoms with E-state index >= 15 is 0 Å². The third kappa shape index (κ3) is 2.11. The molecule has 5 heteroatoms. The first-order valence-corrected chi connectivity index (χ1v) is 5.57. The summed E-state index contributed by atoms with van der Waals surface area (Å²) >= 11 is 0. The molecule has 0 amide bonds. The number of rotatable bonds is 2. The Morgan fingerprint density at radius 3 is 2.95 bits per heavy atom. The zero-order valence-electron chi connectivity index (χ0n) is 9.72. The summed E-state index contributed by atoms with van der Waals surface area (Å²) in [6, 6.07) is 11.1. The number of hydrogen-bond acceptors (Lipinski definition) is 3. The van der Waals surface area contributed by atoms with E-state index in [9.17, 15) is 4.39 Å². The highest BCUT2D eigenvalue weighted by Crippen LogP contribution is 2.27. The quantitative estimate of drug-likeness (QED) is 0.761. The van der Waals surface area contributed by atoms with Crippen molar-refractivity contribution in [1.29, 1.82) is 5.26 Å². The molecule has 0 aliphatic heterocycles. The smallest absolute Gasteiger partial charge is 0.145 e. The monoisotopic (exact) mass is 253 g/mol. The van der Waals surface area contributed by atoms with Crippen LogP contribution in [0.15, 0.2) is 42.6 Å². The Bertz CT molecular complexity index is 789. The van der Waals surface area contributed by atoms with Crippen LogP contribution in [0.5, 0.6) is 11.5 Å². The van der Waals surface area contributed by atoms with Crippen LogP contribution in [-0.2, 0) is 0 Å². The summed E-state index contributed by atoms with van der Waals surface area (Å²) in [5.41, 5.74) is 1.05. The van der Waals surface area contributed by atoms with E-state index < -0.39 is 5.82 Å². The Morgan fingerprint density at radius 2 is 2.11 bits per heavy atom. The van der Waals surface area contributed by atoms with Gasteiger partial charge >= 0.3 is 0 Å². The lowest BCUT2D eigenvalue weighted by Gasteiger charge is -2.07. The van der Waals surface area contributed by atoms with Crippen molar-refractivity contribution in [2.24, 2.45) is 0 Å². The van der Waals surface area contributed by atoms with Crippen LogP contribution in [0.4, 0.5) is 4.39 Å².